The van der Waals surface area contributed by atoms with Gasteiger partial charge in [0.15, 0.2) is 0 Å². The normalized spacial score (nSPS) is 16.6. The lowest BCUT2D eigenvalue weighted by molar-refractivity contribution is 0.463. The summed E-state index contributed by atoms with van der Waals surface area (Å²) in [7, 11) is 0. The summed E-state index contributed by atoms with van der Waals surface area (Å²) in [4.78, 5) is 8.94. The van der Waals surface area contributed by atoms with Crippen molar-refractivity contribution in [2.45, 2.75) is 12.3 Å². The van der Waals surface area contributed by atoms with Gasteiger partial charge in [0, 0.05) is 18.5 Å². The number of hydrogen-bond donors (Lipinski definition) is 0. The first-order valence-corrected chi connectivity index (χ1v) is 11.0. The third-order valence-corrected chi connectivity index (χ3v) is 6.47. The number of benzene rings is 3. The van der Waals surface area contributed by atoms with Gasteiger partial charge in [-0.25, -0.2) is 4.98 Å². The van der Waals surface area contributed by atoms with Crippen LogP contribution in [0.2, 0.25) is 0 Å². The molecule has 5 aromatic rings. The van der Waals surface area contributed by atoms with Crippen LogP contribution in [0.3, 0.4) is 0 Å². The number of fused-ring (bicyclic) bond motifs is 3. The van der Waals surface area contributed by atoms with Gasteiger partial charge in [-0.2, -0.15) is 0 Å². The highest BCUT2D eigenvalue weighted by Crippen LogP contribution is 2.52. The van der Waals surface area contributed by atoms with Crippen LogP contribution in [-0.2, 0) is 5.41 Å². The zero-order valence-electron chi connectivity index (χ0n) is 19.2. The number of pyridine rings is 2. The zero-order chi connectivity index (χ0) is 23.1. The van der Waals surface area contributed by atoms with E-state index < -0.39 is 0 Å². The van der Waals surface area contributed by atoms with E-state index in [4.69, 9.17) is 11.1 Å². The Kier molecular flexibility index (Phi) is 4.29. The second-order valence-electron chi connectivity index (χ2n) is 8.37. The maximum atomic E-state index is 7.60. The maximum absolute atomic E-state index is 7.60. The Labute approximate surface area is 194 Å². The number of nitrogens with zero attached hydrogens (tertiary/aromatic N) is 2. The van der Waals surface area contributed by atoms with Gasteiger partial charge in [0.25, 0.3) is 0 Å². The minimum absolute atomic E-state index is 0.334. The van der Waals surface area contributed by atoms with Crippen molar-refractivity contribution in [3.63, 3.8) is 0 Å². The van der Waals surface area contributed by atoms with Crippen LogP contribution in [0.25, 0.3) is 22.3 Å². The fourth-order valence-electron chi connectivity index (χ4n) is 4.83. The van der Waals surface area contributed by atoms with Crippen molar-refractivity contribution >= 4 is 0 Å². The van der Waals surface area contributed by atoms with Gasteiger partial charge in [0.2, 0.25) is 5.88 Å². The Bertz CT molecular complexity index is 1500. The molecule has 158 valence electrons. The Morgan fingerprint density at radius 2 is 1.55 bits per heavy atom. The lowest BCUT2D eigenvalue weighted by Crippen LogP contribution is -2.23. The fourth-order valence-corrected chi connectivity index (χ4v) is 4.83. The van der Waals surface area contributed by atoms with E-state index in [1.807, 2.05) is 30.5 Å². The van der Waals surface area contributed by atoms with Crippen molar-refractivity contribution in [3.8, 4) is 33.9 Å². The molecule has 2 heterocycles. The molecule has 1 unspecified atom stereocenters. The van der Waals surface area contributed by atoms with E-state index in [1.165, 1.54) is 28.5 Å². The van der Waals surface area contributed by atoms with Gasteiger partial charge in [0.05, 0.1) is 12.5 Å². The Morgan fingerprint density at radius 1 is 0.697 bits per heavy atom. The van der Waals surface area contributed by atoms with E-state index in [9.17, 15) is 0 Å². The quantitative estimate of drug-likeness (QED) is 0.302. The molecule has 0 aliphatic heterocycles. The molecule has 0 radical (unpaired) electrons. The molecule has 0 bridgehead atoms. The lowest BCUT2D eigenvalue weighted by Gasteiger charge is -2.27. The first-order chi connectivity index (χ1) is 16.6. The van der Waals surface area contributed by atoms with Gasteiger partial charge in [-0.1, -0.05) is 60.7 Å². The van der Waals surface area contributed by atoms with Crippen LogP contribution in [-0.4, -0.2) is 9.97 Å². The molecule has 0 spiro atoms. The molecule has 0 fully saturated rings. The van der Waals surface area contributed by atoms with E-state index in [1.54, 1.807) is 12.1 Å². The Morgan fingerprint density at radius 3 is 2.39 bits per heavy atom. The van der Waals surface area contributed by atoms with Crippen LogP contribution in [0.15, 0.2) is 115 Å². The molecule has 1 aliphatic carbocycles. The molecule has 2 aromatic heterocycles. The van der Waals surface area contributed by atoms with Crippen LogP contribution in [0, 0.1) is 0 Å². The van der Waals surface area contributed by atoms with Crippen molar-refractivity contribution in [1.82, 2.24) is 9.97 Å². The van der Waals surface area contributed by atoms with E-state index in [0.29, 0.717) is 17.7 Å². The Hall–Kier alpha value is -4.24. The van der Waals surface area contributed by atoms with Gasteiger partial charge in [-0.15, -0.1) is 0 Å². The van der Waals surface area contributed by atoms with Crippen molar-refractivity contribution in [2.24, 2.45) is 0 Å². The smallest absolute Gasteiger partial charge is 0.219 e. The number of hydrogen-bond acceptors (Lipinski definition) is 3. The molecule has 3 heteroatoms. The van der Waals surface area contributed by atoms with Crippen molar-refractivity contribution in [1.29, 1.82) is 0 Å². The summed E-state index contributed by atoms with van der Waals surface area (Å²) < 4.78 is 13.5. The topological polar surface area (TPSA) is 35.0 Å². The minimum atomic E-state index is -0.334. The van der Waals surface area contributed by atoms with Crippen LogP contribution >= 0.6 is 0 Å². The van der Waals surface area contributed by atoms with E-state index in [2.05, 4.69) is 72.6 Å². The largest absolute Gasteiger partial charge is 0.439 e. The van der Waals surface area contributed by atoms with Crippen LogP contribution in [0.5, 0.6) is 11.6 Å². The van der Waals surface area contributed by atoms with Gasteiger partial charge >= 0.3 is 0 Å². The molecular weight excluding hydrogens is 404 g/mol. The molecule has 0 saturated carbocycles. The molecular formula is C30H22N2O. The predicted octanol–water partition coefficient (Wildman–Crippen LogP) is 7.27. The lowest BCUT2D eigenvalue weighted by atomic mass is 9.76. The third kappa shape index (κ3) is 3.21. The first-order valence-electron chi connectivity index (χ1n) is 11.5. The van der Waals surface area contributed by atoms with Crippen LogP contribution in [0.1, 0.15) is 25.1 Å². The highest BCUT2D eigenvalue weighted by molar-refractivity contribution is 5.85. The van der Waals surface area contributed by atoms with Crippen molar-refractivity contribution in [2.75, 3.05) is 0 Å². The highest BCUT2D eigenvalue weighted by atomic mass is 16.5. The van der Waals surface area contributed by atoms with E-state index in [0.717, 1.165) is 16.8 Å². The first kappa shape index (κ1) is 18.3. The molecule has 3 aromatic carbocycles. The monoisotopic (exact) mass is 427 g/mol. The molecule has 0 amide bonds. The zero-order valence-corrected chi connectivity index (χ0v) is 18.2. The molecule has 33 heavy (non-hydrogen) atoms. The maximum Gasteiger partial charge on any atom is 0.219 e. The minimum Gasteiger partial charge on any atom is -0.439 e. The number of aromatic nitrogens is 2. The summed E-state index contributed by atoms with van der Waals surface area (Å²) in [6, 6.07) is 33.2. The molecule has 3 nitrogen and oxygen atoms in total. The molecule has 1 aliphatic rings. The summed E-state index contributed by atoms with van der Waals surface area (Å²) >= 11 is 0. The van der Waals surface area contributed by atoms with Crippen molar-refractivity contribution in [3.05, 3.63) is 132 Å². The van der Waals surface area contributed by atoms with Crippen molar-refractivity contribution < 1.29 is 6.11 Å². The van der Waals surface area contributed by atoms with Gasteiger partial charge in [0.1, 0.15) is 5.75 Å². The summed E-state index contributed by atoms with van der Waals surface area (Å²) in [6.45, 7) is 2.27. The second kappa shape index (κ2) is 7.72. The van der Waals surface area contributed by atoms with Crippen LogP contribution in [0.4, 0.5) is 0 Å². The summed E-state index contributed by atoms with van der Waals surface area (Å²) in [5, 5.41) is 0. The van der Waals surface area contributed by atoms with E-state index in [-0.39, 0.29) is 5.41 Å². The van der Waals surface area contributed by atoms with Gasteiger partial charge < -0.3 is 4.74 Å². The number of ether oxygens (including phenoxy) is 1. The summed E-state index contributed by atoms with van der Waals surface area (Å²) in [5.41, 5.74) is 7.94. The van der Waals surface area contributed by atoms with Crippen LogP contribution < -0.4 is 4.74 Å². The molecule has 0 N–H and O–H groups in total. The van der Waals surface area contributed by atoms with Gasteiger partial charge in [-0.3, -0.25) is 4.98 Å². The average molecular weight is 428 g/mol. The second-order valence-corrected chi connectivity index (χ2v) is 8.37. The fraction of sp³-hybridized carbons (Fsp3) is 0.0667. The highest BCUT2D eigenvalue weighted by Gasteiger charge is 2.41. The SMILES string of the molecule is [2H]c1ccc(Oc2cccc(-c3ccc4c(c3)C(C)(c3ccccn3)c3ccccc3-4)c2)nc1. The summed E-state index contributed by atoms with van der Waals surface area (Å²) in [6.07, 6.45) is 3.35. The van der Waals surface area contributed by atoms with Gasteiger partial charge in [-0.05, 0) is 76.7 Å². The summed E-state index contributed by atoms with van der Waals surface area (Å²) in [5.74, 6) is 1.18. The van der Waals surface area contributed by atoms with E-state index >= 15 is 0 Å². The molecule has 0 saturated heterocycles. The predicted molar refractivity (Wildman–Crippen MR) is 131 cm³/mol. The molecule has 1 atom stereocenters. The third-order valence-electron chi connectivity index (χ3n) is 6.47. The standard InChI is InChI=1S/C30H22N2O/c1-30(28-13-4-6-17-31-28)26-12-3-2-11-24(26)25-16-15-22(20-27(25)30)21-9-8-10-23(19-21)33-29-14-5-7-18-32-29/h2-20H,1H3/i7D. The molecule has 6 rings (SSSR count). The Balaban J connectivity index is 1.44. The average Bonchev–Trinajstić information content (AvgIpc) is 3.15. The number of rotatable bonds is 4.